The van der Waals surface area contributed by atoms with Crippen LogP contribution >= 0.6 is 0 Å². The number of aryl methyl sites for hydroxylation is 1. The van der Waals surface area contributed by atoms with Crippen LogP contribution in [-0.4, -0.2) is 28.6 Å². The Kier molecular flexibility index (Phi) is 5.78. The second-order valence-corrected chi connectivity index (χ2v) is 4.98. The monoisotopic (exact) mass is 250 g/mol. The van der Waals surface area contributed by atoms with Crippen molar-refractivity contribution in [2.24, 2.45) is 5.92 Å². The van der Waals surface area contributed by atoms with Gasteiger partial charge in [-0.2, -0.15) is 0 Å². The number of hydrogen-bond acceptors (Lipinski definition) is 3. The average molecular weight is 250 g/mol. The fourth-order valence-electron chi connectivity index (χ4n) is 1.80. The third kappa shape index (κ3) is 5.77. The number of amides is 1. The topological polar surface area (TPSA) is 62.2 Å². The van der Waals surface area contributed by atoms with Crippen LogP contribution in [0.25, 0.3) is 0 Å². The second-order valence-electron chi connectivity index (χ2n) is 4.98. The van der Waals surface area contributed by atoms with Gasteiger partial charge >= 0.3 is 0 Å². The molecule has 0 saturated carbocycles. The third-order valence-electron chi connectivity index (χ3n) is 2.73. The van der Waals surface area contributed by atoms with Gasteiger partial charge in [-0.25, -0.2) is 0 Å². The minimum Gasteiger partial charge on any atom is -0.393 e. The summed E-state index contributed by atoms with van der Waals surface area (Å²) in [6.45, 7) is 6.29. The Morgan fingerprint density at radius 3 is 2.72 bits per heavy atom. The van der Waals surface area contributed by atoms with Crippen LogP contribution in [0.5, 0.6) is 0 Å². The largest absolute Gasteiger partial charge is 0.393 e. The van der Waals surface area contributed by atoms with Crippen LogP contribution < -0.4 is 5.32 Å². The Morgan fingerprint density at radius 1 is 1.44 bits per heavy atom. The van der Waals surface area contributed by atoms with Crippen molar-refractivity contribution in [3.63, 3.8) is 0 Å². The first-order valence-corrected chi connectivity index (χ1v) is 6.33. The van der Waals surface area contributed by atoms with Gasteiger partial charge in [0.1, 0.15) is 0 Å². The molecule has 1 aromatic rings. The molecule has 100 valence electrons. The summed E-state index contributed by atoms with van der Waals surface area (Å²) in [5.41, 5.74) is 1.87. The molecule has 0 aliphatic rings. The number of aliphatic hydroxyl groups is 1. The molecule has 1 rings (SSSR count). The van der Waals surface area contributed by atoms with Gasteiger partial charge in [-0.15, -0.1) is 0 Å². The maximum atomic E-state index is 11.7. The van der Waals surface area contributed by atoms with E-state index >= 15 is 0 Å². The molecule has 18 heavy (non-hydrogen) atoms. The Balaban J connectivity index is 2.31. The maximum Gasteiger partial charge on any atom is 0.224 e. The number of nitrogens with one attached hydrogen (secondary N) is 1. The van der Waals surface area contributed by atoms with Gasteiger partial charge in [0.2, 0.25) is 5.91 Å². The van der Waals surface area contributed by atoms with Crippen LogP contribution in [0.4, 0.5) is 0 Å². The highest BCUT2D eigenvalue weighted by Crippen LogP contribution is 2.04. The molecule has 2 atom stereocenters. The van der Waals surface area contributed by atoms with Crippen molar-refractivity contribution in [1.82, 2.24) is 10.3 Å². The van der Waals surface area contributed by atoms with E-state index in [4.69, 9.17) is 0 Å². The Morgan fingerprint density at radius 2 is 2.17 bits per heavy atom. The number of pyridine rings is 1. The molecule has 4 nitrogen and oxygen atoms in total. The lowest BCUT2D eigenvalue weighted by atomic mass is 10.0. The lowest BCUT2D eigenvalue weighted by molar-refractivity contribution is -0.120. The van der Waals surface area contributed by atoms with E-state index in [9.17, 15) is 9.90 Å². The molecule has 0 bridgehead atoms. The molecule has 0 fully saturated rings. The number of aromatic nitrogens is 1. The highest BCUT2D eigenvalue weighted by atomic mass is 16.3. The van der Waals surface area contributed by atoms with Crippen LogP contribution in [0.3, 0.4) is 0 Å². The molecule has 1 heterocycles. The molecular formula is C14H22N2O2. The summed E-state index contributed by atoms with van der Waals surface area (Å²) in [6, 6.07) is 3.82. The molecule has 0 saturated heterocycles. The maximum absolute atomic E-state index is 11.7. The zero-order chi connectivity index (χ0) is 13.5. The van der Waals surface area contributed by atoms with Crippen molar-refractivity contribution < 1.29 is 9.90 Å². The summed E-state index contributed by atoms with van der Waals surface area (Å²) >= 11 is 0. The number of hydrogen-bond donors (Lipinski definition) is 2. The van der Waals surface area contributed by atoms with E-state index in [1.54, 1.807) is 13.1 Å². The van der Waals surface area contributed by atoms with E-state index in [2.05, 4.69) is 10.3 Å². The highest BCUT2D eigenvalue weighted by molar-refractivity contribution is 5.78. The van der Waals surface area contributed by atoms with Gasteiger partial charge < -0.3 is 10.4 Å². The van der Waals surface area contributed by atoms with E-state index < -0.39 is 0 Å². The van der Waals surface area contributed by atoms with Crippen LogP contribution in [-0.2, 0) is 11.2 Å². The quantitative estimate of drug-likeness (QED) is 0.803. The summed E-state index contributed by atoms with van der Waals surface area (Å²) in [4.78, 5) is 15.8. The summed E-state index contributed by atoms with van der Waals surface area (Å²) in [5, 5.41) is 12.1. The molecule has 0 aromatic carbocycles. The lowest BCUT2D eigenvalue weighted by Gasteiger charge is -2.14. The van der Waals surface area contributed by atoms with Gasteiger partial charge in [-0.3, -0.25) is 9.78 Å². The molecular weight excluding hydrogens is 228 g/mol. The zero-order valence-electron chi connectivity index (χ0n) is 11.3. The smallest absolute Gasteiger partial charge is 0.224 e. The van der Waals surface area contributed by atoms with Gasteiger partial charge in [-0.1, -0.05) is 13.0 Å². The van der Waals surface area contributed by atoms with E-state index in [0.717, 1.165) is 11.3 Å². The normalized spacial score (nSPS) is 14.0. The van der Waals surface area contributed by atoms with E-state index in [-0.39, 0.29) is 17.9 Å². The van der Waals surface area contributed by atoms with E-state index in [0.29, 0.717) is 19.4 Å². The van der Waals surface area contributed by atoms with Crippen molar-refractivity contribution in [3.05, 3.63) is 29.6 Å². The highest BCUT2D eigenvalue weighted by Gasteiger charge is 2.08. The van der Waals surface area contributed by atoms with Crippen molar-refractivity contribution in [2.45, 2.75) is 39.7 Å². The molecule has 0 aliphatic carbocycles. The average Bonchev–Trinajstić information content (AvgIpc) is 2.29. The predicted molar refractivity (Wildman–Crippen MR) is 71.1 cm³/mol. The second kappa shape index (κ2) is 7.11. The molecule has 0 aliphatic heterocycles. The van der Waals surface area contributed by atoms with Gasteiger partial charge in [0.15, 0.2) is 0 Å². The van der Waals surface area contributed by atoms with Crippen molar-refractivity contribution >= 4 is 5.91 Å². The van der Waals surface area contributed by atoms with Gasteiger partial charge in [0.25, 0.3) is 0 Å². The van der Waals surface area contributed by atoms with E-state index in [1.165, 1.54) is 0 Å². The van der Waals surface area contributed by atoms with Crippen LogP contribution in [0.1, 0.15) is 31.5 Å². The fraction of sp³-hybridized carbons (Fsp3) is 0.571. The molecule has 1 aromatic heterocycles. The first-order chi connectivity index (χ1) is 8.47. The number of carbonyl (C=O) groups excluding carboxylic acids is 1. The summed E-state index contributed by atoms with van der Waals surface area (Å²) in [6.07, 6.45) is 2.47. The number of rotatable bonds is 6. The number of carbonyl (C=O) groups is 1. The van der Waals surface area contributed by atoms with Crippen LogP contribution in [0.15, 0.2) is 18.3 Å². The van der Waals surface area contributed by atoms with Gasteiger partial charge in [0.05, 0.1) is 12.5 Å². The fourth-order valence-corrected chi connectivity index (χ4v) is 1.80. The lowest BCUT2D eigenvalue weighted by Crippen LogP contribution is -2.30. The Bertz CT molecular complexity index is 374. The van der Waals surface area contributed by atoms with Gasteiger partial charge in [0, 0.05) is 18.4 Å². The SMILES string of the molecule is Cc1ccc(CC(=O)NCC(C)CC(C)O)cn1. The van der Waals surface area contributed by atoms with Crippen LogP contribution in [0.2, 0.25) is 0 Å². The summed E-state index contributed by atoms with van der Waals surface area (Å²) < 4.78 is 0. The first-order valence-electron chi connectivity index (χ1n) is 6.33. The first kappa shape index (κ1) is 14.6. The molecule has 0 spiro atoms. The number of nitrogens with zero attached hydrogens (tertiary/aromatic N) is 1. The molecule has 4 heteroatoms. The summed E-state index contributed by atoms with van der Waals surface area (Å²) in [5.74, 6) is 0.281. The minimum atomic E-state index is -0.321. The molecule has 2 N–H and O–H groups in total. The molecule has 0 radical (unpaired) electrons. The predicted octanol–water partition coefficient (Wildman–Crippen LogP) is 1.46. The van der Waals surface area contributed by atoms with Crippen molar-refractivity contribution in [2.75, 3.05) is 6.54 Å². The number of aliphatic hydroxyl groups excluding tert-OH is 1. The third-order valence-corrected chi connectivity index (χ3v) is 2.73. The molecule has 2 unspecified atom stereocenters. The van der Waals surface area contributed by atoms with Crippen molar-refractivity contribution in [3.8, 4) is 0 Å². The Hall–Kier alpha value is -1.42. The van der Waals surface area contributed by atoms with E-state index in [1.807, 2.05) is 26.0 Å². The minimum absolute atomic E-state index is 0.00176. The van der Waals surface area contributed by atoms with Crippen LogP contribution in [0, 0.1) is 12.8 Å². The van der Waals surface area contributed by atoms with Crippen molar-refractivity contribution in [1.29, 1.82) is 0 Å². The zero-order valence-corrected chi connectivity index (χ0v) is 11.3. The van der Waals surface area contributed by atoms with Gasteiger partial charge in [-0.05, 0) is 37.8 Å². The standard InChI is InChI=1S/C14H22N2O2/c1-10(6-12(3)17)8-16-14(18)7-13-5-4-11(2)15-9-13/h4-5,9-10,12,17H,6-8H2,1-3H3,(H,16,18). The molecule has 1 amide bonds. The Labute approximate surface area is 108 Å². The summed E-state index contributed by atoms with van der Waals surface area (Å²) in [7, 11) is 0.